The molecule has 0 spiro atoms. The summed E-state index contributed by atoms with van der Waals surface area (Å²) in [6, 6.07) is 14.3. The van der Waals surface area contributed by atoms with Gasteiger partial charge < -0.3 is 9.88 Å². The first-order chi connectivity index (χ1) is 12.7. The van der Waals surface area contributed by atoms with E-state index in [9.17, 15) is 4.79 Å². The van der Waals surface area contributed by atoms with Gasteiger partial charge in [0.2, 0.25) is 0 Å². The number of aryl methyl sites for hydroxylation is 3. The van der Waals surface area contributed by atoms with Crippen LogP contribution in [0.1, 0.15) is 45.7 Å². The average molecular weight is 345 g/mol. The van der Waals surface area contributed by atoms with E-state index in [0.717, 1.165) is 35.5 Å². The molecule has 1 heterocycles. The van der Waals surface area contributed by atoms with Crippen LogP contribution in [0.25, 0.3) is 5.69 Å². The highest BCUT2D eigenvalue weighted by Gasteiger charge is 2.12. The Kier molecular flexibility index (Phi) is 4.57. The van der Waals surface area contributed by atoms with Crippen LogP contribution in [0.5, 0.6) is 0 Å². The van der Waals surface area contributed by atoms with Gasteiger partial charge in [-0.05, 0) is 73.6 Å². The smallest absolute Gasteiger partial charge is 0.251 e. The van der Waals surface area contributed by atoms with E-state index in [2.05, 4.69) is 34.6 Å². The van der Waals surface area contributed by atoms with Gasteiger partial charge in [0, 0.05) is 30.2 Å². The lowest BCUT2D eigenvalue weighted by molar-refractivity contribution is 0.0951. The molecule has 26 heavy (non-hydrogen) atoms. The van der Waals surface area contributed by atoms with E-state index in [1.54, 1.807) is 6.20 Å². The summed E-state index contributed by atoms with van der Waals surface area (Å²) in [5.41, 5.74) is 5.65. The molecule has 0 radical (unpaired) electrons. The van der Waals surface area contributed by atoms with Crippen molar-refractivity contribution in [1.29, 1.82) is 0 Å². The Bertz CT molecular complexity index is 925. The molecule has 132 valence electrons. The van der Waals surface area contributed by atoms with Crippen LogP contribution in [0.3, 0.4) is 0 Å². The second-order valence-corrected chi connectivity index (χ2v) is 6.88. The van der Waals surface area contributed by atoms with E-state index < -0.39 is 0 Å². The van der Waals surface area contributed by atoms with Gasteiger partial charge in [0.05, 0.1) is 0 Å². The predicted molar refractivity (Wildman–Crippen MR) is 103 cm³/mol. The van der Waals surface area contributed by atoms with E-state index in [1.165, 1.54) is 24.0 Å². The van der Waals surface area contributed by atoms with Crippen molar-refractivity contribution in [3.8, 4) is 5.69 Å². The molecular weight excluding hydrogens is 322 g/mol. The van der Waals surface area contributed by atoms with Gasteiger partial charge in [-0.25, -0.2) is 4.98 Å². The van der Waals surface area contributed by atoms with E-state index in [0.29, 0.717) is 6.54 Å². The minimum Gasteiger partial charge on any atom is -0.348 e. The summed E-state index contributed by atoms with van der Waals surface area (Å²) in [7, 11) is 0. The van der Waals surface area contributed by atoms with Crippen molar-refractivity contribution in [2.75, 3.05) is 0 Å². The first-order valence-electron chi connectivity index (χ1n) is 9.20. The Labute approximate surface area is 153 Å². The first kappa shape index (κ1) is 16.6. The molecule has 1 aliphatic rings. The van der Waals surface area contributed by atoms with Crippen LogP contribution in [-0.4, -0.2) is 15.5 Å². The van der Waals surface area contributed by atoms with Gasteiger partial charge in [0.25, 0.3) is 5.91 Å². The third-order valence-corrected chi connectivity index (χ3v) is 5.10. The molecule has 1 aliphatic carbocycles. The molecule has 0 saturated heterocycles. The van der Waals surface area contributed by atoms with Crippen molar-refractivity contribution in [1.82, 2.24) is 14.9 Å². The topological polar surface area (TPSA) is 46.9 Å². The molecule has 4 heteroatoms. The maximum atomic E-state index is 12.5. The van der Waals surface area contributed by atoms with Gasteiger partial charge in [-0.2, -0.15) is 0 Å². The van der Waals surface area contributed by atoms with E-state index in [-0.39, 0.29) is 5.91 Å². The Morgan fingerprint density at radius 2 is 1.85 bits per heavy atom. The summed E-state index contributed by atoms with van der Waals surface area (Å²) in [6.45, 7) is 2.51. The molecule has 4 rings (SSSR count). The fraction of sp³-hybridized carbons (Fsp3) is 0.273. The monoisotopic (exact) mass is 345 g/mol. The summed E-state index contributed by atoms with van der Waals surface area (Å²) in [5, 5.41) is 3.03. The van der Waals surface area contributed by atoms with E-state index in [4.69, 9.17) is 0 Å². The van der Waals surface area contributed by atoms with Crippen molar-refractivity contribution >= 4 is 5.91 Å². The Morgan fingerprint density at radius 3 is 2.58 bits per heavy atom. The number of imidazole rings is 1. The van der Waals surface area contributed by atoms with Gasteiger partial charge >= 0.3 is 0 Å². The fourth-order valence-corrected chi connectivity index (χ4v) is 3.58. The maximum Gasteiger partial charge on any atom is 0.251 e. The number of carbonyl (C=O) groups excluding carboxylic acids is 1. The minimum absolute atomic E-state index is 0.00657. The third kappa shape index (κ3) is 3.40. The summed E-state index contributed by atoms with van der Waals surface area (Å²) in [5.74, 6) is 0.950. The molecule has 0 fully saturated rings. The lowest BCUT2D eigenvalue weighted by Gasteiger charge is -2.16. The summed E-state index contributed by atoms with van der Waals surface area (Å²) in [6.07, 6.45) is 8.45. The number of fused-ring (bicyclic) bond motifs is 1. The summed E-state index contributed by atoms with van der Waals surface area (Å²) >= 11 is 0. The van der Waals surface area contributed by atoms with Gasteiger partial charge in [0.1, 0.15) is 5.82 Å². The summed E-state index contributed by atoms with van der Waals surface area (Å²) in [4.78, 5) is 16.7. The number of rotatable bonds is 4. The second-order valence-electron chi connectivity index (χ2n) is 6.88. The molecule has 0 aliphatic heterocycles. The first-order valence-corrected chi connectivity index (χ1v) is 9.20. The molecule has 1 aromatic heterocycles. The molecule has 3 aromatic rings. The van der Waals surface area contributed by atoms with Gasteiger partial charge in [-0.15, -0.1) is 0 Å². The van der Waals surface area contributed by atoms with Crippen molar-refractivity contribution in [2.24, 2.45) is 0 Å². The van der Waals surface area contributed by atoms with Gasteiger partial charge in [-0.3, -0.25) is 4.79 Å². The standard InChI is InChI=1S/C22H23N3O/c1-16-23-12-13-25(16)21-10-6-17(7-11-21)15-24-22(26)20-9-8-18-4-2-3-5-19(18)14-20/h6-14H,2-5,15H2,1H3,(H,24,26). The van der Waals surface area contributed by atoms with Crippen molar-refractivity contribution in [2.45, 2.75) is 39.2 Å². The van der Waals surface area contributed by atoms with Crippen LogP contribution < -0.4 is 5.32 Å². The zero-order valence-electron chi connectivity index (χ0n) is 15.0. The van der Waals surface area contributed by atoms with Crippen molar-refractivity contribution in [3.05, 3.63) is 82.9 Å². The fourth-order valence-electron chi connectivity index (χ4n) is 3.58. The average Bonchev–Trinajstić information content (AvgIpc) is 3.12. The summed E-state index contributed by atoms with van der Waals surface area (Å²) < 4.78 is 2.04. The second kappa shape index (κ2) is 7.16. The van der Waals surface area contributed by atoms with Crippen molar-refractivity contribution < 1.29 is 4.79 Å². The minimum atomic E-state index is -0.00657. The van der Waals surface area contributed by atoms with Gasteiger partial charge in [0.15, 0.2) is 0 Å². The zero-order valence-corrected chi connectivity index (χ0v) is 15.0. The molecule has 1 amide bonds. The van der Waals surface area contributed by atoms with Gasteiger partial charge in [-0.1, -0.05) is 18.2 Å². The highest BCUT2D eigenvalue weighted by Crippen LogP contribution is 2.22. The molecule has 0 bridgehead atoms. The predicted octanol–water partition coefficient (Wildman–Crippen LogP) is 3.99. The molecule has 0 unspecified atom stereocenters. The van der Waals surface area contributed by atoms with Crippen LogP contribution in [-0.2, 0) is 19.4 Å². The lowest BCUT2D eigenvalue weighted by Crippen LogP contribution is -2.23. The van der Waals surface area contributed by atoms with Crippen LogP contribution in [0.4, 0.5) is 0 Å². The van der Waals surface area contributed by atoms with Crippen molar-refractivity contribution in [3.63, 3.8) is 0 Å². The van der Waals surface area contributed by atoms with E-state index >= 15 is 0 Å². The number of aromatic nitrogens is 2. The number of benzene rings is 2. The van der Waals surface area contributed by atoms with Crippen LogP contribution in [0, 0.1) is 6.92 Å². The van der Waals surface area contributed by atoms with Crippen LogP contribution in [0.15, 0.2) is 54.9 Å². The molecule has 1 N–H and O–H groups in total. The molecule has 2 aromatic carbocycles. The SMILES string of the molecule is Cc1nccn1-c1ccc(CNC(=O)c2ccc3c(c2)CCCC3)cc1. The Balaban J connectivity index is 1.41. The highest BCUT2D eigenvalue weighted by molar-refractivity contribution is 5.94. The Morgan fingerprint density at radius 1 is 1.08 bits per heavy atom. The number of hydrogen-bond donors (Lipinski definition) is 1. The molecule has 0 atom stereocenters. The number of nitrogens with one attached hydrogen (secondary N) is 1. The normalized spacial score (nSPS) is 13.3. The number of nitrogens with zero attached hydrogens (tertiary/aromatic N) is 2. The van der Waals surface area contributed by atoms with E-state index in [1.807, 2.05) is 35.9 Å². The van der Waals surface area contributed by atoms with Crippen LogP contribution in [0.2, 0.25) is 0 Å². The Hall–Kier alpha value is -2.88. The third-order valence-electron chi connectivity index (χ3n) is 5.10. The number of carbonyl (C=O) groups is 1. The highest BCUT2D eigenvalue weighted by atomic mass is 16.1. The molecule has 4 nitrogen and oxygen atoms in total. The maximum absolute atomic E-state index is 12.5. The lowest BCUT2D eigenvalue weighted by atomic mass is 9.90. The number of hydrogen-bond acceptors (Lipinski definition) is 2. The number of amides is 1. The zero-order chi connectivity index (χ0) is 17.9. The largest absolute Gasteiger partial charge is 0.348 e. The molecular formula is C22H23N3O. The molecule has 0 saturated carbocycles. The van der Waals surface area contributed by atoms with Crippen LogP contribution >= 0.6 is 0 Å². The quantitative estimate of drug-likeness (QED) is 0.777.